The van der Waals surface area contributed by atoms with Crippen LogP contribution < -0.4 is 0 Å². The van der Waals surface area contributed by atoms with Crippen LogP contribution in [0.1, 0.15) is 19.4 Å². The van der Waals surface area contributed by atoms with Crippen LogP contribution in [0.15, 0.2) is 42.5 Å². The fourth-order valence-corrected chi connectivity index (χ4v) is 4.13. The van der Waals surface area contributed by atoms with Gasteiger partial charge in [0.1, 0.15) is 11.5 Å². The highest BCUT2D eigenvalue weighted by molar-refractivity contribution is 5.91. The van der Waals surface area contributed by atoms with Crippen LogP contribution in [0.25, 0.3) is 0 Å². The Labute approximate surface area is 147 Å². The van der Waals surface area contributed by atoms with Crippen molar-refractivity contribution < 1.29 is 19.1 Å². The van der Waals surface area contributed by atoms with Gasteiger partial charge >= 0.3 is 5.97 Å². The molecular formula is C20H23NO4. The Hall–Kier alpha value is -2.14. The smallest absolute Gasteiger partial charge is 0.312 e. The van der Waals surface area contributed by atoms with Crippen LogP contribution in [-0.2, 0) is 25.6 Å². The third-order valence-electron chi connectivity index (χ3n) is 5.23. The average Bonchev–Trinajstić information content (AvgIpc) is 3.22. The number of carbonyl (C=O) groups excluding carboxylic acids is 2. The predicted molar refractivity (Wildman–Crippen MR) is 91.4 cm³/mol. The predicted octanol–water partition coefficient (Wildman–Crippen LogP) is 2.17. The van der Waals surface area contributed by atoms with Gasteiger partial charge in [0.25, 0.3) is 0 Å². The average molecular weight is 341 g/mol. The Morgan fingerprint density at radius 3 is 2.84 bits per heavy atom. The lowest BCUT2D eigenvalue weighted by Crippen LogP contribution is -2.40. The van der Waals surface area contributed by atoms with Gasteiger partial charge in [-0.3, -0.25) is 9.59 Å². The summed E-state index contributed by atoms with van der Waals surface area (Å²) in [6, 6.07) is 9.88. The Balaban J connectivity index is 1.54. The molecule has 3 heterocycles. The van der Waals surface area contributed by atoms with Crippen LogP contribution in [0.3, 0.4) is 0 Å². The number of benzene rings is 1. The summed E-state index contributed by atoms with van der Waals surface area (Å²) >= 11 is 0. The van der Waals surface area contributed by atoms with E-state index in [4.69, 9.17) is 9.47 Å². The molecule has 0 radical (unpaired) electrons. The molecule has 4 rings (SSSR count). The first kappa shape index (κ1) is 16.3. The third-order valence-corrected chi connectivity index (χ3v) is 5.23. The summed E-state index contributed by atoms with van der Waals surface area (Å²) in [5.41, 5.74) is 0.405. The van der Waals surface area contributed by atoms with Gasteiger partial charge in [0, 0.05) is 6.54 Å². The summed E-state index contributed by atoms with van der Waals surface area (Å²) in [6.07, 6.45) is 3.54. The van der Waals surface area contributed by atoms with E-state index < -0.39 is 17.4 Å². The lowest BCUT2D eigenvalue weighted by atomic mass is 9.77. The van der Waals surface area contributed by atoms with Crippen molar-refractivity contribution in [2.24, 2.45) is 17.8 Å². The number of likely N-dealkylation sites (tertiary alicyclic amines) is 1. The van der Waals surface area contributed by atoms with Gasteiger partial charge in [-0.15, -0.1) is 0 Å². The zero-order valence-corrected chi connectivity index (χ0v) is 14.6. The number of carbonyl (C=O) groups is 2. The molecular weight excluding hydrogens is 318 g/mol. The second kappa shape index (κ2) is 5.99. The molecule has 2 saturated heterocycles. The van der Waals surface area contributed by atoms with E-state index in [1.807, 2.05) is 56.3 Å². The van der Waals surface area contributed by atoms with Crippen molar-refractivity contribution in [3.63, 3.8) is 0 Å². The quantitative estimate of drug-likeness (QED) is 0.608. The first-order valence-corrected chi connectivity index (χ1v) is 8.87. The lowest BCUT2D eigenvalue weighted by molar-refractivity contribution is -0.154. The van der Waals surface area contributed by atoms with E-state index >= 15 is 0 Å². The summed E-state index contributed by atoms with van der Waals surface area (Å²) in [4.78, 5) is 27.4. The molecule has 0 saturated carbocycles. The molecule has 0 unspecified atom stereocenters. The van der Waals surface area contributed by atoms with Gasteiger partial charge in [0.05, 0.1) is 25.2 Å². The van der Waals surface area contributed by atoms with Gasteiger partial charge in [-0.2, -0.15) is 0 Å². The molecule has 4 atom stereocenters. The molecule has 0 N–H and O–H groups in total. The van der Waals surface area contributed by atoms with Gasteiger partial charge in [-0.25, -0.2) is 0 Å². The number of fused-ring (bicyclic) bond motifs is 1. The monoisotopic (exact) mass is 341 g/mol. The van der Waals surface area contributed by atoms with Gasteiger partial charge in [-0.05, 0) is 11.5 Å². The van der Waals surface area contributed by atoms with Crippen molar-refractivity contribution in [1.29, 1.82) is 0 Å². The first-order valence-electron chi connectivity index (χ1n) is 8.87. The number of amides is 1. The van der Waals surface area contributed by atoms with Crippen LogP contribution in [0.5, 0.6) is 0 Å². The van der Waals surface area contributed by atoms with E-state index in [1.54, 1.807) is 4.90 Å². The largest absolute Gasteiger partial charge is 0.465 e. The van der Waals surface area contributed by atoms with Gasteiger partial charge in [0.15, 0.2) is 0 Å². The molecule has 5 heteroatoms. The molecule has 0 aromatic heterocycles. The molecule has 2 fully saturated rings. The number of nitrogens with zero attached hydrogens (tertiary/aromatic N) is 1. The molecule has 3 aliphatic rings. The fraction of sp³-hybridized carbons (Fsp3) is 0.500. The number of hydrogen-bond donors (Lipinski definition) is 0. The van der Waals surface area contributed by atoms with E-state index in [9.17, 15) is 9.59 Å². The molecule has 25 heavy (non-hydrogen) atoms. The zero-order chi connectivity index (χ0) is 17.6. The van der Waals surface area contributed by atoms with E-state index in [0.717, 1.165) is 5.56 Å². The third kappa shape index (κ3) is 2.67. The minimum atomic E-state index is -0.669. The second-order valence-corrected chi connectivity index (χ2v) is 7.60. The topological polar surface area (TPSA) is 55.8 Å². The van der Waals surface area contributed by atoms with Crippen LogP contribution in [0.4, 0.5) is 0 Å². The van der Waals surface area contributed by atoms with Crippen molar-refractivity contribution in [2.75, 3.05) is 13.2 Å². The normalized spacial score (nSPS) is 32.5. The summed E-state index contributed by atoms with van der Waals surface area (Å²) < 4.78 is 11.5. The lowest BCUT2D eigenvalue weighted by Gasteiger charge is -2.23. The highest BCUT2D eigenvalue weighted by Gasteiger charge is 2.67. The molecule has 2 bridgehead atoms. The maximum Gasteiger partial charge on any atom is 0.312 e. The molecule has 0 aliphatic carbocycles. The maximum atomic E-state index is 13.0. The SMILES string of the molecule is CC(C)COC(=O)[C@H]1[C@H]2C(=O)N(Cc3ccccc3)C[C@]23C=C[C@H]1O3. The highest BCUT2D eigenvalue weighted by atomic mass is 16.6. The molecule has 1 aromatic rings. The molecule has 3 aliphatic heterocycles. The van der Waals surface area contributed by atoms with Crippen LogP contribution in [0.2, 0.25) is 0 Å². The van der Waals surface area contributed by atoms with Crippen LogP contribution in [0, 0.1) is 17.8 Å². The van der Waals surface area contributed by atoms with Crippen molar-refractivity contribution in [3.8, 4) is 0 Å². The van der Waals surface area contributed by atoms with Gasteiger partial charge in [0.2, 0.25) is 5.91 Å². The van der Waals surface area contributed by atoms with Crippen molar-refractivity contribution in [3.05, 3.63) is 48.0 Å². The molecule has 1 aromatic carbocycles. The first-order chi connectivity index (χ1) is 12.0. The van der Waals surface area contributed by atoms with Crippen LogP contribution in [-0.4, -0.2) is 41.6 Å². The summed E-state index contributed by atoms with van der Waals surface area (Å²) in [5, 5.41) is 0. The minimum absolute atomic E-state index is 0.0119. The van der Waals surface area contributed by atoms with E-state index in [1.165, 1.54) is 0 Å². The second-order valence-electron chi connectivity index (χ2n) is 7.60. The van der Waals surface area contributed by atoms with Gasteiger partial charge < -0.3 is 14.4 Å². The van der Waals surface area contributed by atoms with E-state index in [-0.39, 0.29) is 23.9 Å². The molecule has 132 valence electrons. The highest BCUT2D eigenvalue weighted by Crippen LogP contribution is 2.52. The number of esters is 1. The van der Waals surface area contributed by atoms with E-state index in [0.29, 0.717) is 19.7 Å². The van der Waals surface area contributed by atoms with Crippen molar-refractivity contribution in [1.82, 2.24) is 4.90 Å². The van der Waals surface area contributed by atoms with Crippen molar-refractivity contribution >= 4 is 11.9 Å². The fourth-order valence-electron chi connectivity index (χ4n) is 4.13. The number of rotatable bonds is 5. The Morgan fingerprint density at radius 2 is 2.12 bits per heavy atom. The minimum Gasteiger partial charge on any atom is -0.465 e. The molecule has 1 amide bonds. The van der Waals surface area contributed by atoms with Crippen LogP contribution >= 0.6 is 0 Å². The molecule has 1 spiro atoms. The maximum absolute atomic E-state index is 13.0. The van der Waals surface area contributed by atoms with E-state index in [2.05, 4.69) is 0 Å². The number of ether oxygens (including phenoxy) is 2. The van der Waals surface area contributed by atoms with Gasteiger partial charge in [-0.1, -0.05) is 56.3 Å². The van der Waals surface area contributed by atoms with Crippen molar-refractivity contribution in [2.45, 2.75) is 32.1 Å². The summed E-state index contributed by atoms with van der Waals surface area (Å²) in [7, 11) is 0. The zero-order valence-electron chi connectivity index (χ0n) is 14.6. The standard InChI is InChI=1S/C20H23NO4/c1-13(2)11-24-19(23)16-15-8-9-20(25-15)12-21(18(22)17(16)20)10-14-6-4-3-5-7-14/h3-9,13,15-17H,10-12H2,1-2H3/t15-,16-,17+,20-/m1/s1. The number of hydrogen-bond acceptors (Lipinski definition) is 4. The summed E-state index contributed by atoms with van der Waals surface area (Å²) in [5.74, 6) is -1.06. The molecule has 5 nitrogen and oxygen atoms in total. The Bertz CT molecular complexity index is 714. The Kier molecular flexibility index (Phi) is 3.91. The Morgan fingerprint density at radius 1 is 1.36 bits per heavy atom. The summed E-state index contributed by atoms with van der Waals surface area (Å²) in [6.45, 7) is 5.38.